The summed E-state index contributed by atoms with van der Waals surface area (Å²) in [4.78, 5) is 4.61. The predicted molar refractivity (Wildman–Crippen MR) is 115 cm³/mol. The van der Waals surface area contributed by atoms with Gasteiger partial charge in [0.15, 0.2) is 17.5 Å². The highest BCUT2D eigenvalue weighted by molar-refractivity contribution is 14.0. The number of hydrogen-bond acceptors (Lipinski definition) is 3. The zero-order valence-electron chi connectivity index (χ0n) is 16.0. The van der Waals surface area contributed by atoms with Gasteiger partial charge in [-0.3, -0.25) is 4.99 Å². The Balaban J connectivity index is 0.00000364. The molecular weight excluding hydrogens is 467 g/mol. The van der Waals surface area contributed by atoms with Crippen LogP contribution in [0.5, 0.6) is 11.5 Å². The first-order valence-electron chi connectivity index (χ1n) is 9.29. The van der Waals surface area contributed by atoms with Crippen molar-refractivity contribution in [2.45, 2.75) is 58.1 Å². The smallest absolute Gasteiger partial charge is 0.387 e. The van der Waals surface area contributed by atoms with E-state index in [0.29, 0.717) is 24.8 Å². The van der Waals surface area contributed by atoms with Crippen molar-refractivity contribution in [2.75, 3.05) is 20.2 Å². The van der Waals surface area contributed by atoms with E-state index in [2.05, 4.69) is 20.4 Å². The van der Waals surface area contributed by atoms with Crippen molar-refractivity contribution in [1.82, 2.24) is 10.6 Å². The number of nitrogens with zero attached hydrogens (tertiary/aromatic N) is 1. The number of methoxy groups -OCH3 is 1. The highest BCUT2D eigenvalue weighted by Gasteiger charge is 2.14. The van der Waals surface area contributed by atoms with Crippen LogP contribution in [0.2, 0.25) is 0 Å². The molecular formula is C19H30F2IN3O2. The molecule has 0 amide bonds. The molecule has 0 saturated heterocycles. The van der Waals surface area contributed by atoms with Crippen molar-refractivity contribution in [2.24, 2.45) is 4.99 Å². The molecule has 2 rings (SSSR count). The van der Waals surface area contributed by atoms with Gasteiger partial charge in [0.1, 0.15) is 0 Å². The van der Waals surface area contributed by atoms with Crippen molar-refractivity contribution in [3.05, 3.63) is 23.8 Å². The van der Waals surface area contributed by atoms with Gasteiger partial charge in [-0.15, -0.1) is 24.0 Å². The molecule has 0 unspecified atom stereocenters. The van der Waals surface area contributed by atoms with Crippen molar-refractivity contribution < 1.29 is 18.3 Å². The number of ether oxygens (including phenoxy) is 2. The average molecular weight is 497 g/mol. The summed E-state index contributed by atoms with van der Waals surface area (Å²) >= 11 is 0. The van der Waals surface area contributed by atoms with E-state index < -0.39 is 6.61 Å². The Hall–Kier alpha value is -1.32. The molecule has 8 heteroatoms. The van der Waals surface area contributed by atoms with Gasteiger partial charge in [0.25, 0.3) is 0 Å². The third-order valence-corrected chi connectivity index (χ3v) is 4.40. The molecule has 27 heavy (non-hydrogen) atoms. The Morgan fingerprint density at radius 2 is 1.96 bits per heavy atom. The van der Waals surface area contributed by atoms with Gasteiger partial charge in [0.2, 0.25) is 0 Å². The molecule has 1 aromatic carbocycles. The summed E-state index contributed by atoms with van der Waals surface area (Å²) in [6.07, 6.45) is 6.82. The van der Waals surface area contributed by atoms with E-state index >= 15 is 0 Å². The lowest BCUT2D eigenvalue weighted by Crippen LogP contribution is -2.44. The molecule has 1 aliphatic rings. The topological polar surface area (TPSA) is 54.9 Å². The summed E-state index contributed by atoms with van der Waals surface area (Å²) in [6, 6.07) is 5.55. The Morgan fingerprint density at radius 1 is 1.22 bits per heavy atom. The lowest BCUT2D eigenvalue weighted by molar-refractivity contribution is -0.0512. The van der Waals surface area contributed by atoms with Gasteiger partial charge >= 0.3 is 6.61 Å². The Morgan fingerprint density at radius 3 is 2.59 bits per heavy atom. The second-order valence-corrected chi connectivity index (χ2v) is 6.35. The van der Waals surface area contributed by atoms with Crippen LogP contribution in [0.15, 0.2) is 23.2 Å². The SMILES string of the molecule is CCNC(=NCCc1ccc(OC)c(OC(F)F)c1)NC1CCCCC1.I. The van der Waals surface area contributed by atoms with E-state index in [0.717, 1.165) is 18.1 Å². The Labute approximate surface area is 177 Å². The van der Waals surface area contributed by atoms with E-state index in [9.17, 15) is 8.78 Å². The average Bonchev–Trinajstić information content (AvgIpc) is 2.62. The summed E-state index contributed by atoms with van der Waals surface area (Å²) in [5.41, 5.74) is 0.874. The molecule has 0 aliphatic heterocycles. The maximum Gasteiger partial charge on any atom is 0.387 e. The minimum Gasteiger partial charge on any atom is -0.493 e. The van der Waals surface area contributed by atoms with Crippen LogP contribution in [-0.2, 0) is 6.42 Å². The fourth-order valence-corrected chi connectivity index (χ4v) is 3.12. The minimum atomic E-state index is -2.88. The molecule has 0 heterocycles. The number of nitrogens with one attached hydrogen (secondary N) is 2. The molecule has 1 aromatic rings. The summed E-state index contributed by atoms with van der Waals surface area (Å²) in [7, 11) is 1.43. The molecule has 5 nitrogen and oxygen atoms in total. The maximum absolute atomic E-state index is 12.5. The standard InChI is InChI=1S/C19H29F2N3O2.HI/c1-3-22-19(24-15-7-5-4-6-8-15)23-12-11-14-9-10-16(25-2)17(13-14)26-18(20)21;/h9-10,13,15,18H,3-8,11-12H2,1-2H3,(H2,22,23,24);1H. The summed E-state index contributed by atoms with van der Waals surface area (Å²) in [6.45, 7) is 0.517. The fourth-order valence-electron chi connectivity index (χ4n) is 3.12. The van der Waals surface area contributed by atoms with Crippen molar-refractivity contribution in [3.8, 4) is 11.5 Å². The third-order valence-electron chi connectivity index (χ3n) is 4.40. The van der Waals surface area contributed by atoms with Crippen molar-refractivity contribution in [3.63, 3.8) is 0 Å². The highest BCUT2D eigenvalue weighted by Crippen LogP contribution is 2.29. The van der Waals surface area contributed by atoms with Crippen LogP contribution < -0.4 is 20.1 Å². The number of aliphatic imine (C=N–C) groups is 1. The molecule has 2 N–H and O–H groups in total. The normalized spacial score (nSPS) is 15.2. The summed E-state index contributed by atoms with van der Waals surface area (Å²) < 4.78 is 34.6. The van der Waals surface area contributed by atoms with Gasteiger partial charge in [-0.05, 0) is 43.9 Å². The van der Waals surface area contributed by atoms with Crippen LogP contribution in [0.25, 0.3) is 0 Å². The van der Waals surface area contributed by atoms with Gasteiger partial charge < -0.3 is 20.1 Å². The van der Waals surface area contributed by atoms with Crippen LogP contribution >= 0.6 is 24.0 Å². The molecule has 154 valence electrons. The zero-order chi connectivity index (χ0) is 18.8. The maximum atomic E-state index is 12.5. The van der Waals surface area contributed by atoms with Crippen molar-refractivity contribution >= 4 is 29.9 Å². The van der Waals surface area contributed by atoms with Crippen LogP contribution in [0.3, 0.4) is 0 Å². The zero-order valence-corrected chi connectivity index (χ0v) is 18.3. The lowest BCUT2D eigenvalue weighted by Gasteiger charge is -2.24. The van der Waals surface area contributed by atoms with Gasteiger partial charge in [-0.25, -0.2) is 0 Å². The third kappa shape index (κ3) is 8.49. The first-order valence-corrected chi connectivity index (χ1v) is 9.29. The van der Waals surface area contributed by atoms with E-state index in [1.54, 1.807) is 12.1 Å². The van der Waals surface area contributed by atoms with Gasteiger partial charge in [-0.2, -0.15) is 8.78 Å². The van der Waals surface area contributed by atoms with Gasteiger partial charge in [0, 0.05) is 19.1 Å². The first-order chi connectivity index (χ1) is 12.6. The lowest BCUT2D eigenvalue weighted by atomic mass is 9.96. The van der Waals surface area contributed by atoms with Crippen molar-refractivity contribution in [1.29, 1.82) is 0 Å². The summed E-state index contributed by atoms with van der Waals surface area (Å²) in [5.74, 6) is 1.16. The molecule has 1 aliphatic carbocycles. The Kier molecular flexibility index (Phi) is 11.4. The van der Waals surface area contributed by atoms with E-state index in [1.807, 2.05) is 13.0 Å². The number of benzene rings is 1. The second kappa shape index (κ2) is 13.0. The molecule has 1 fully saturated rings. The molecule has 0 spiro atoms. The van der Waals surface area contributed by atoms with E-state index in [1.165, 1.54) is 39.2 Å². The number of rotatable bonds is 8. The number of alkyl halides is 2. The van der Waals surface area contributed by atoms with E-state index in [4.69, 9.17) is 4.74 Å². The number of halogens is 3. The summed E-state index contributed by atoms with van der Waals surface area (Å²) in [5, 5.41) is 6.76. The molecule has 0 radical (unpaired) electrons. The largest absolute Gasteiger partial charge is 0.493 e. The molecule has 1 saturated carbocycles. The van der Waals surface area contributed by atoms with Crippen LogP contribution in [0.4, 0.5) is 8.78 Å². The van der Waals surface area contributed by atoms with Crippen LogP contribution in [0, 0.1) is 0 Å². The highest BCUT2D eigenvalue weighted by atomic mass is 127. The molecule has 0 aromatic heterocycles. The van der Waals surface area contributed by atoms with E-state index in [-0.39, 0.29) is 29.7 Å². The van der Waals surface area contributed by atoms with Crippen LogP contribution in [0.1, 0.15) is 44.6 Å². The Bertz CT molecular complexity index is 582. The fraction of sp³-hybridized carbons (Fsp3) is 0.632. The quantitative estimate of drug-likeness (QED) is 0.319. The minimum absolute atomic E-state index is 0. The molecule has 0 bridgehead atoms. The monoisotopic (exact) mass is 497 g/mol. The first kappa shape index (κ1) is 23.7. The van der Waals surface area contributed by atoms with Gasteiger partial charge in [0.05, 0.1) is 7.11 Å². The second-order valence-electron chi connectivity index (χ2n) is 6.35. The predicted octanol–water partition coefficient (Wildman–Crippen LogP) is 4.34. The van der Waals surface area contributed by atoms with Crippen LogP contribution in [-0.4, -0.2) is 38.8 Å². The molecule has 0 atom stereocenters. The van der Waals surface area contributed by atoms with Gasteiger partial charge in [-0.1, -0.05) is 25.3 Å². The number of guanidine groups is 1. The number of hydrogen-bond donors (Lipinski definition) is 2.